The van der Waals surface area contributed by atoms with E-state index in [1.165, 1.54) is 31.7 Å². The number of furan rings is 1. The smallest absolute Gasteiger partial charge is 0.371 e. The number of hydrogen-bond donors (Lipinski definition) is 1. The number of carboxylic acids is 1. The molecule has 1 aliphatic rings. The predicted octanol–water partition coefficient (Wildman–Crippen LogP) is 3.65. The predicted molar refractivity (Wildman–Crippen MR) is 62.9 cm³/mol. The Morgan fingerprint density at radius 2 is 2.31 bits per heavy atom. The standard InChI is InChI=1S/C12H16O3S/c1-8-3-2-4-9(7-8)16-11-6-5-10(15-11)12(13)14/h5-6,8-9H,2-4,7H2,1H3,(H,13,14). The zero-order valence-electron chi connectivity index (χ0n) is 9.31. The van der Waals surface area contributed by atoms with Crippen LogP contribution in [0.15, 0.2) is 21.6 Å². The lowest BCUT2D eigenvalue weighted by Crippen LogP contribution is -2.14. The normalized spacial score (nSPS) is 25.6. The van der Waals surface area contributed by atoms with E-state index < -0.39 is 5.97 Å². The summed E-state index contributed by atoms with van der Waals surface area (Å²) in [6.45, 7) is 2.28. The maximum atomic E-state index is 10.7. The molecular weight excluding hydrogens is 224 g/mol. The Bertz CT molecular complexity index is 372. The third-order valence-electron chi connectivity index (χ3n) is 2.96. The fraction of sp³-hybridized carbons (Fsp3) is 0.583. The molecule has 0 saturated heterocycles. The Hall–Kier alpha value is -0.900. The average molecular weight is 240 g/mol. The Morgan fingerprint density at radius 3 is 2.94 bits per heavy atom. The third kappa shape index (κ3) is 2.82. The zero-order valence-corrected chi connectivity index (χ0v) is 10.1. The second-order valence-electron chi connectivity index (χ2n) is 4.44. The molecule has 1 aliphatic carbocycles. The van der Waals surface area contributed by atoms with Gasteiger partial charge in [-0.25, -0.2) is 4.79 Å². The fourth-order valence-electron chi connectivity index (χ4n) is 2.15. The quantitative estimate of drug-likeness (QED) is 0.876. The van der Waals surface area contributed by atoms with Crippen LogP contribution >= 0.6 is 11.8 Å². The molecule has 1 aromatic heterocycles. The van der Waals surface area contributed by atoms with Crippen molar-refractivity contribution < 1.29 is 14.3 Å². The van der Waals surface area contributed by atoms with Crippen molar-refractivity contribution >= 4 is 17.7 Å². The molecule has 0 aliphatic heterocycles. The maximum Gasteiger partial charge on any atom is 0.371 e. The van der Waals surface area contributed by atoms with Crippen molar-refractivity contribution in [1.29, 1.82) is 0 Å². The van der Waals surface area contributed by atoms with Gasteiger partial charge in [0, 0.05) is 5.25 Å². The second-order valence-corrected chi connectivity index (χ2v) is 5.74. The van der Waals surface area contributed by atoms with Gasteiger partial charge in [-0.15, -0.1) is 0 Å². The van der Waals surface area contributed by atoms with E-state index in [0.717, 1.165) is 11.0 Å². The van der Waals surface area contributed by atoms with Gasteiger partial charge in [-0.1, -0.05) is 31.5 Å². The van der Waals surface area contributed by atoms with Crippen molar-refractivity contribution in [3.05, 3.63) is 17.9 Å². The van der Waals surface area contributed by atoms with Crippen LogP contribution in [0.5, 0.6) is 0 Å². The molecule has 1 aromatic rings. The van der Waals surface area contributed by atoms with Gasteiger partial charge < -0.3 is 9.52 Å². The Balaban J connectivity index is 1.95. The van der Waals surface area contributed by atoms with E-state index in [1.807, 2.05) is 0 Å². The molecule has 1 N–H and O–H groups in total. The molecule has 3 nitrogen and oxygen atoms in total. The van der Waals surface area contributed by atoms with Gasteiger partial charge in [-0.3, -0.25) is 0 Å². The first-order valence-electron chi connectivity index (χ1n) is 5.65. The van der Waals surface area contributed by atoms with Gasteiger partial charge in [-0.2, -0.15) is 0 Å². The van der Waals surface area contributed by atoms with E-state index in [4.69, 9.17) is 9.52 Å². The van der Waals surface area contributed by atoms with Crippen LogP contribution in [0, 0.1) is 5.92 Å². The van der Waals surface area contributed by atoms with Crippen molar-refractivity contribution in [1.82, 2.24) is 0 Å². The number of hydrogen-bond acceptors (Lipinski definition) is 3. The monoisotopic (exact) mass is 240 g/mol. The van der Waals surface area contributed by atoms with E-state index in [-0.39, 0.29) is 5.76 Å². The number of carbonyl (C=O) groups is 1. The highest BCUT2D eigenvalue weighted by atomic mass is 32.2. The van der Waals surface area contributed by atoms with Crippen molar-refractivity contribution in [3.63, 3.8) is 0 Å². The minimum absolute atomic E-state index is 0.0337. The van der Waals surface area contributed by atoms with Crippen molar-refractivity contribution in [2.45, 2.75) is 42.9 Å². The Morgan fingerprint density at radius 1 is 1.50 bits per heavy atom. The van der Waals surface area contributed by atoms with E-state index in [2.05, 4.69) is 6.92 Å². The molecule has 0 radical (unpaired) electrons. The van der Waals surface area contributed by atoms with Gasteiger partial charge in [-0.05, 0) is 30.9 Å². The summed E-state index contributed by atoms with van der Waals surface area (Å²) in [5.74, 6) is -0.185. The molecule has 0 spiro atoms. The highest BCUT2D eigenvalue weighted by Gasteiger charge is 2.21. The van der Waals surface area contributed by atoms with Crippen LogP contribution in [-0.2, 0) is 0 Å². The van der Waals surface area contributed by atoms with Crippen molar-refractivity contribution in [2.75, 3.05) is 0 Å². The second kappa shape index (κ2) is 4.95. The fourth-order valence-corrected chi connectivity index (χ4v) is 3.47. The Labute approximate surface area is 99.2 Å². The molecule has 2 atom stereocenters. The van der Waals surface area contributed by atoms with Crippen LogP contribution in [0.1, 0.15) is 43.2 Å². The molecule has 1 saturated carbocycles. The largest absolute Gasteiger partial charge is 0.475 e. The highest BCUT2D eigenvalue weighted by molar-refractivity contribution is 7.99. The van der Waals surface area contributed by atoms with Gasteiger partial charge in [0.05, 0.1) is 0 Å². The summed E-state index contributed by atoms with van der Waals surface area (Å²) in [6, 6.07) is 3.28. The van der Waals surface area contributed by atoms with E-state index in [9.17, 15) is 4.79 Å². The number of rotatable bonds is 3. The summed E-state index contributed by atoms with van der Waals surface area (Å²) in [6.07, 6.45) is 4.99. The summed E-state index contributed by atoms with van der Waals surface area (Å²) in [7, 11) is 0. The minimum atomic E-state index is -0.996. The van der Waals surface area contributed by atoms with Gasteiger partial charge in [0.1, 0.15) is 0 Å². The van der Waals surface area contributed by atoms with Crippen LogP contribution in [0.25, 0.3) is 0 Å². The van der Waals surface area contributed by atoms with Crippen molar-refractivity contribution in [2.24, 2.45) is 5.92 Å². The summed E-state index contributed by atoms with van der Waals surface area (Å²) in [4.78, 5) is 10.7. The molecule has 0 aromatic carbocycles. The molecule has 4 heteroatoms. The van der Waals surface area contributed by atoms with Gasteiger partial charge in [0.15, 0.2) is 5.09 Å². The molecule has 0 amide bonds. The van der Waals surface area contributed by atoms with E-state index >= 15 is 0 Å². The zero-order chi connectivity index (χ0) is 11.5. The SMILES string of the molecule is CC1CCCC(Sc2ccc(C(=O)O)o2)C1. The van der Waals surface area contributed by atoms with Crippen LogP contribution < -0.4 is 0 Å². The molecule has 0 bridgehead atoms. The van der Waals surface area contributed by atoms with Gasteiger partial charge >= 0.3 is 5.97 Å². The first kappa shape index (κ1) is 11.6. The molecule has 1 heterocycles. The lowest BCUT2D eigenvalue weighted by molar-refractivity contribution is 0.0656. The van der Waals surface area contributed by atoms with Crippen molar-refractivity contribution in [3.8, 4) is 0 Å². The summed E-state index contributed by atoms with van der Waals surface area (Å²) in [5.41, 5.74) is 0. The first-order chi connectivity index (χ1) is 7.65. The van der Waals surface area contributed by atoms with Crippen LogP contribution in [0.3, 0.4) is 0 Å². The lowest BCUT2D eigenvalue weighted by Gasteiger charge is -2.25. The summed E-state index contributed by atoms with van der Waals surface area (Å²) >= 11 is 1.68. The molecular formula is C12H16O3S. The molecule has 1 fully saturated rings. The molecule has 2 rings (SSSR count). The topological polar surface area (TPSA) is 50.4 Å². The first-order valence-corrected chi connectivity index (χ1v) is 6.53. The van der Waals surface area contributed by atoms with E-state index in [0.29, 0.717) is 5.25 Å². The van der Waals surface area contributed by atoms with Gasteiger partial charge in [0.25, 0.3) is 0 Å². The molecule has 2 unspecified atom stereocenters. The van der Waals surface area contributed by atoms with Gasteiger partial charge in [0.2, 0.25) is 5.76 Å². The Kier molecular flexibility index (Phi) is 3.59. The average Bonchev–Trinajstić information content (AvgIpc) is 2.66. The summed E-state index contributed by atoms with van der Waals surface area (Å²) in [5, 5.41) is 10.1. The summed E-state index contributed by atoms with van der Waals surface area (Å²) < 4.78 is 5.25. The maximum absolute atomic E-state index is 10.7. The minimum Gasteiger partial charge on any atom is -0.475 e. The van der Waals surface area contributed by atoms with E-state index in [1.54, 1.807) is 17.8 Å². The highest BCUT2D eigenvalue weighted by Crippen LogP contribution is 2.36. The molecule has 88 valence electrons. The van der Waals surface area contributed by atoms with Crippen LogP contribution in [0.4, 0.5) is 0 Å². The number of carboxylic acid groups (broad SMARTS) is 1. The number of aromatic carboxylic acids is 1. The third-order valence-corrected chi connectivity index (χ3v) is 4.18. The van der Waals surface area contributed by atoms with Crippen LogP contribution in [-0.4, -0.2) is 16.3 Å². The molecule has 16 heavy (non-hydrogen) atoms. The van der Waals surface area contributed by atoms with Crippen LogP contribution in [0.2, 0.25) is 0 Å². The lowest BCUT2D eigenvalue weighted by atomic mass is 9.91. The number of thioether (sulfide) groups is 1.